The molecule has 0 aromatic carbocycles. The van der Waals surface area contributed by atoms with E-state index >= 15 is 0 Å². The molecule has 0 unspecified atom stereocenters. The van der Waals surface area contributed by atoms with E-state index in [-0.39, 0.29) is 28.6 Å². The summed E-state index contributed by atoms with van der Waals surface area (Å²) in [5.74, 6) is 4.22. The van der Waals surface area contributed by atoms with Crippen LogP contribution in [0, 0.1) is 0 Å². The van der Waals surface area contributed by atoms with Crippen molar-refractivity contribution in [1.82, 2.24) is 14.9 Å². The number of allylic oxidation sites excluding steroid dienone is 1. The smallest absolute Gasteiger partial charge is 0.278 e. The second-order valence-corrected chi connectivity index (χ2v) is 6.94. The molecule has 0 bridgehead atoms. The highest BCUT2D eigenvalue weighted by Crippen LogP contribution is 2.18. The van der Waals surface area contributed by atoms with Crippen LogP contribution in [0.2, 0.25) is 5.15 Å². The molecule has 138 valence electrons. The van der Waals surface area contributed by atoms with Crippen molar-refractivity contribution in [3.05, 3.63) is 75.5 Å². The zero-order valence-corrected chi connectivity index (χ0v) is 15.6. The van der Waals surface area contributed by atoms with Gasteiger partial charge in [-0.25, -0.2) is 15.8 Å². The van der Waals surface area contributed by atoms with Crippen LogP contribution in [0.25, 0.3) is 0 Å². The molecule has 3 rings (SSSR count). The Kier molecular flexibility index (Phi) is 5.80. The summed E-state index contributed by atoms with van der Waals surface area (Å²) in [6.45, 7) is 0.0841. The van der Waals surface area contributed by atoms with Gasteiger partial charge in [-0.2, -0.15) is 0 Å². The van der Waals surface area contributed by atoms with Crippen molar-refractivity contribution < 1.29 is 14.4 Å². The number of amides is 2. The third-order valence-corrected chi connectivity index (χ3v) is 4.99. The summed E-state index contributed by atoms with van der Waals surface area (Å²) < 4.78 is 0. The summed E-state index contributed by atoms with van der Waals surface area (Å²) in [7, 11) is 0. The molecule has 7 nitrogen and oxygen atoms in total. The lowest BCUT2D eigenvalue weighted by Gasteiger charge is -2.22. The summed E-state index contributed by atoms with van der Waals surface area (Å²) in [4.78, 5) is 43.3. The molecule has 0 spiro atoms. The van der Waals surface area contributed by atoms with Gasteiger partial charge in [0.05, 0.1) is 17.0 Å². The van der Waals surface area contributed by atoms with Crippen molar-refractivity contribution in [2.45, 2.75) is 6.42 Å². The molecule has 0 aliphatic carbocycles. The summed E-state index contributed by atoms with van der Waals surface area (Å²) in [5, 5.41) is 2.30. The molecule has 0 radical (unpaired) electrons. The first-order valence-electron chi connectivity index (χ1n) is 7.91. The van der Waals surface area contributed by atoms with Crippen LogP contribution < -0.4 is 5.84 Å². The summed E-state index contributed by atoms with van der Waals surface area (Å²) in [6, 6.07) is 6.51. The first kappa shape index (κ1) is 19.0. The number of carbonyl (C=O) groups is 3. The minimum atomic E-state index is -0.755. The molecule has 0 atom stereocenters. The second kappa shape index (κ2) is 8.26. The number of imide groups is 1. The Bertz CT molecular complexity index is 940. The Balaban J connectivity index is 1.72. The molecule has 1 aliphatic rings. The minimum absolute atomic E-state index is 0.0340. The number of hydrogen-bond acceptors (Lipinski definition) is 7. The molecule has 3 heterocycles. The van der Waals surface area contributed by atoms with Gasteiger partial charge in [0, 0.05) is 24.2 Å². The number of nitrogens with zero attached hydrogens (tertiary/aromatic N) is 3. The topological polar surface area (TPSA) is 96.6 Å². The van der Waals surface area contributed by atoms with Gasteiger partial charge >= 0.3 is 0 Å². The number of hydrogen-bond donors (Lipinski definition) is 1. The van der Waals surface area contributed by atoms with Crippen LogP contribution in [0.1, 0.15) is 26.5 Å². The van der Waals surface area contributed by atoms with Gasteiger partial charge in [-0.05, 0) is 30.0 Å². The van der Waals surface area contributed by atoms with Gasteiger partial charge in [0.1, 0.15) is 5.15 Å². The van der Waals surface area contributed by atoms with Crippen molar-refractivity contribution in [1.29, 1.82) is 0 Å². The highest BCUT2D eigenvalue weighted by molar-refractivity contribution is 7.12. The van der Waals surface area contributed by atoms with E-state index in [1.807, 2.05) is 5.38 Å². The first-order valence-corrected chi connectivity index (χ1v) is 9.17. The second-order valence-electron chi connectivity index (χ2n) is 5.64. The SMILES string of the molecule is NN(C(=O)C1=CN(CC(=O)c2cccs2)C=CC1)C(=O)c1cccnc1Cl. The lowest BCUT2D eigenvalue weighted by molar-refractivity contribution is -0.125. The van der Waals surface area contributed by atoms with E-state index in [2.05, 4.69) is 4.98 Å². The summed E-state index contributed by atoms with van der Waals surface area (Å²) >= 11 is 7.24. The number of nitrogens with two attached hydrogens (primary N) is 1. The zero-order valence-electron chi connectivity index (χ0n) is 14.0. The van der Waals surface area contributed by atoms with Crippen molar-refractivity contribution in [3.8, 4) is 0 Å². The van der Waals surface area contributed by atoms with E-state index in [4.69, 9.17) is 17.4 Å². The van der Waals surface area contributed by atoms with E-state index in [0.29, 0.717) is 16.3 Å². The first-order chi connectivity index (χ1) is 13.0. The molecule has 2 N–H and O–H groups in total. The quantitative estimate of drug-likeness (QED) is 0.206. The van der Waals surface area contributed by atoms with Crippen molar-refractivity contribution in [2.75, 3.05) is 6.54 Å². The number of carbonyl (C=O) groups excluding carboxylic acids is 3. The van der Waals surface area contributed by atoms with Gasteiger partial charge in [0.15, 0.2) is 5.78 Å². The molecular weight excluding hydrogens is 388 g/mol. The summed E-state index contributed by atoms with van der Waals surface area (Å²) in [6.07, 6.45) is 6.68. The van der Waals surface area contributed by atoms with Gasteiger partial charge < -0.3 is 4.90 Å². The van der Waals surface area contributed by atoms with Gasteiger partial charge in [-0.15, -0.1) is 11.3 Å². The number of aromatic nitrogens is 1. The average molecular weight is 403 g/mol. The van der Waals surface area contributed by atoms with Crippen LogP contribution in [-0.2, 0) is 4.79 Å². The van der Waals surface area contributed by atoms with Gasteiger partial charge in [-0.1, -0.05) is 23.7 Å². The third-order valence-electron chi connectivity index (χ3n) is 3.78. The normalized spacial score (nSPS) is 13.3. The zero-order chi connectivity index (χ0) is 19.4. The van der Waals surface area contributed by atoms with E-state index in [1.165, 1.54) is 35.9 Å². The molecule has 2 aromatic rings. The van der Waals surface area contributed by atoms with Crippen LogP contribution in [0.5, 0.6) is 0 Å². The average Bonchev–Trinajstić information content (AvgIpc) is 3.22. The molecule has 0 saturated heterocycles. The predicted molar refractivity (Wildman–Crippen MR) is 102 cm³/mol. The maximum atomic E-state index is 12.6. The molecule has 1 aliphatic heterocycles. The number of pyridine rings is 1. The molecular formula is C18H15ClN4O3S. The predicted octanol–water partition coefficient (Wildman–Crippen LogP) is 2.63. The van der Waals surface area contributed by atoms with Gasteiger partial charge in [0.2, 0.25) is 0 Å². The maximum absolute atomic E-state index is 12.6. The monoisotopic (exact) mass is 402 g/mol. The number of hydrazine groups is 1. The maximum Gasteiger partial charge on any atom is 0.278 e. The van der Waals surface area contributed by atoms with Gasteiger partial charge in [0.25, 0.3) is 11.8 Å². The molecule has 0 fully saturated rings. The van der Waals surface area contributed by atoms with Crippen molar-refractivity contribution in [2.24, 2.45) is 5.84 Å². The van der Waals surface area contributed by atoms with E-state index in [9.17, 15) is 14.4 Å². The van der Waals surface area contributed by atoms with Crippen LogP contribution in [-0.4, -0.2) is 39.0 Å². The Morgan fingerprint density at radius 3 is 2.78 bits per heavy atom. The van der Waals surface area contributed by atoms with E-state index < -0.39 is 11.8 Å². The fourth-order valence-electron chi connectivity index (χ4n) is 2.46. The molecule has 27 heavy (non-hydrogen) atoms. The van der Waals surface area contributed by atoms with Crippen LogP contribution in [0.3, 0.4) is 0 Å². The minimum Gasteiger partial charge on any atom is -0.346 e. The number of halogens is 1. The fraction of sp³-hybridized carbons (Fsp3) is 0.111. The molecule has 9 heteroatoms. The van der Waals surface area contributed by atoms with Crippen LogP contribution in [0.4, 0.5) is 0 Å². The molecule has 2 aromatic heterocycles. The Morgan fingerprint density at radius 2 is 2.07 bits per heavy atom. The van der Waals surface area contributed by atoms with Crippen molar-refractivity contribution in [3.63, 3.8) is 0 Å². The Labute approximate surface area is 164 Å². The Morgan fingerprint density at radius 1 is 1.26 bits per heavy atom. The largest absolute Gasteiger partial charge is 0.346 e. The highest BCUT2D eigenvalue weighted by Gasteiger charge is 2.26. The lowest BCUT2D eigenvalue weighted by atomic mass is 10.1. The number of rotatable bonds is 5. The van der Waals surface area contributed by atoms with E-state index in [1.54, 1.807) is 29.3 Å². The van der Waals surface area contributed by atoms with Gasteiger partial charge in [-0.3, -0.25) is 14.4 Å². The van der Waals surface area contributed by atoms with Crippen molar-refractivity contribution >= 4 is 40.5 Å². The lowest BCUT2D eigenvalue weighted by Crippen LogP contribution is -2.44. The Hall–Kier alpha value is -2.81. The number of ketones is 1. The molecule has 0 saturated carbocycles. The number of Topliss-reactive ketones (excluding diaryl/α,β-unsaturated/α-hetero) is 1. The fourth-order valence-corrected chi connectivity index (χ4v) is 3.31. The van der Waals surface area contributed by atoms with Crippen LogP contribution in [0.15, 0.2) is 59.9 Å². The highest BCUT2D eigenvalue weighted by atomic mass is 35.5. The summed E-state index contributed by atoms with van der Waals surface area (Å²) in [5.41, 5.74) is 0.319. The van der Waals surface area contributed by atoms with E-state index in [0.717, 1.165) is 0 Å². The van der Waals surface area contributed by atoms with Crippen LogP contribution >= 0.6 is 22.9 Å². The molecule has 2 amide bonds. The standard InChI is InChI=1S/C18H15ClN4O3S/c19-16-13(5-1-7-21-16)18(26)23(20)17(25)12-4-2-8-22(10-12)11-14(24)15-6-3-9-27-15/h1-3,5-10H,4,11,20H2. The number of thiophene rings is 1. The third kappa shape index (κ3) is 4.30.